The summed E-state index contributed by atoms with van der Waals surface area (Å²) in [6.45, 7) is 7.58. The molecule has 1 aliphatic heterocycles. The molecule has 118 valence electrons. The van der Waals surface area contributed by atoms with Crippen molar-refractivity contribution in [1.29, 1.82) is 0 Å². The van der Waals surface area contributed by atoms with Crippen LogP contribution in [0.5, 0.6) is 17.2 Å². The van der Waals surface area contributed by atoms with Crippen molar-refractivity contribution in [3.05, 3.63) is 17.7 Å². The molecule has 21 heavy (non-hydrogen) atoms. The molecule has 0 fully saturated rings. The normalized spacial score (nSPS) is 13.0. The van der Waals surface area contributed by atoms with Crippen molar-refractivity contribution in [1.82, 2.24) is 5.32 Å². The van der Waals surface area contributed by atoms with E-state index in [9.17, 15) is 0 Å². The lowest BCUT2D eigenvalue weighted by atomic mass is 10.1. The Kier molecular flexibility index (Phi) is 6.14. The lowest BCUT2D eigenvalue weighted by Gasteiger charge is -2.14. The molecule has 0 spiro atoms. The van der Waals surface area contributed by atoms with Crippen molar-refractivity contribution in [2.45, 2.75) is 26.8 Å². The number of nitrogens with one attached hydrogen (secondary N) is 1. The van der Waals surface area contributed by atoms with Gasteiger partial charge in [-0.2, -0.15) is 0 Å². The van der Waals surface area contributed by atoms with Gasteiger partial charge in [0.2, 0.25) is 6.79 Å². The molecule has 5 nitrogen and oxygen atoms in total. The van der Waals surface area contributed by atoms with Gasteiger partial charge in [-0.05, 0) is 18.4 Å². The first-order valence-corrected chi connectivity index (χ1v) is 7.45. The average molecular weight is 295 g/mol. The largest absolute Gasteiger partial charge is 0.493 e. The highest BCUT2D eigenvalue weighted by atomic mass is 16.7. The van der Waals surface area contributed by atoms with E-state index in [0.29, 0.717) is 19.1 Å². The van der Waals surface area contributed by atoms with Crippen LogP contribution >= 0.6 is 0 Å². The minimum atomic E-state index is 0.279. The predicted octanol–water partition coefficient (Wildman–Crippen LogP) is 2.58. The van der Waals surface area contributed by atoms with E-state index >= 15 is 0 Å². The van der Waals surface area contributed by atoms with E-state index in [0.717, 1.165) is 42.3 Å². The van der Waals surface area contributed by atoms with E-state index in [-0.39, 0.29) is 6.79 Å². The van der Waals surface area contributed by atoms with Crippen LogP contribution in [0.15, 0.2) is 12.1 Å². The number of ether oxygens (including phenoxy) is 4. The van der Waals surface area contributed by atoms with Gasteiger partial charge >= 0.3 is 0 Å². The molecule has 0 amide bonds. The van der Waals surface area contributed by atoms with Crippen LogP contribution in [-0.4, -0.2) is 33.7 Å². The summed E-state index contributed by atoms with van der Waals surface area (Å²) in [6, 6.07) is 3.92. The Balaban J connectivity index is 2.00. The van der Waals surface area contributed by atoms with Gasteiger partial charge in [0.25, 0.3) is 0 Å². The molecule has 0 bridgehead atoms. The highest BCUT2D eigenvalue weighted by molar-refractivity contribution is 5.51. The van der Waals surface area contributed by atoms with Crippen LogP contribution in [-0.2, 0) is 11.3 Å². The Labute approximate surface area is 126 Å². The number of rotatable bonds is 9. The van der Waals surface area contributed by atoms with Crippen molar-refractivity contribution >= 4 is 0 Å². The van der Waals surface area contributed by atoms with Gasteiger partial charge in [-0.1, -0.05) is 13.8 Å². The van der Waals surface area contributed by atoms with E-state index in [1.807, 2.05) is 12.1 Å². The Bertz CT molecular complexity index is 448. The molecule has 0 saturated heterocycles. The summed E-state index contributed by atoms with van der Waals surface area (Å²) in [5, 5.41) is 3.33. The Morgan fingerprint density at radius 3 is 2.67 bits per heavy atom. The van der Waals surface area contributed by atoms with E-state index in [1.54, 1.807) is 7.11 Å². The zero-order valence-corrected chi connectivity index (χ0v) is 13.1. The molecule has 1 aliphatic rings. The average Bonchev–Trinajstić information content (AvgIpc) is 2.90. The van der Waals surface area contributed by atoms with Crippen molar-refractivity contribution in [2.75, 3.05) is 33.7 Å². The number of methoxy groups -OCH3 is 1. The molecular weight excluding hydrogens is 270 g/mol. The van der Waals surface area contributed by atoms with Gasteiger partial charge < -0.3 is 24.3 Å². The summed E-state index contributed by atoms with van der Waals surface area (Å²) in [7, 11) is 1.70. The molecule has 1 aromatic carbocycles. The Morgan fingerprint density at radius 2 is 1.95 bits per heavy atom. The van der Waals surface area contributed by atoms with Crippen LogP contribution < -0.4 is 19.5 Å². The lowest BCUT2D eigenvalue weighted by Crippen LogP contribution is -2.19. The van der Waals surface area contributed by atoms with E-state index < -0.39 is 0 Å². The van der Waals surface area contributed by atoms with Crippen LogP contribution in [0, 0.1) is 5.92 Å². The molecule has 5 heteroatoms. The zero-order chi connectivity index (χ0) is 15.1. The van der Waals surface area contributed by atoms with Crippen LogP contribution in [0.3, 0.4) is 0 Å². The van der Waals surface area contributed by atoms with Gasteiger partial charge in [0.1, 0.15) is 5.75 Å². The van der Waals surface area contributed by atoms with Crippen LogP contribution in [0.2, 0.25) is 0 Å². The predicted molar refractivity (Wildman–Crippen MR) is 81.1 cm³/mol. The van der Waals surface area contributed by atoms with Gasteiger partial charge in [-0.15, -0.1) is 0 Å². The molecule has 1 aromatic rings. The minimum absolute atomic E-state index is 0.279. The summed E-state index contributed by atoms with van der Waals surface area (Å²) in [4.78, 5) is 0. The van der Waals surface area contributed by atoms with Crippen molar-refractivity contribution in [2.24, 2.45) is 5.92 Å². The summed E-state index contributed by atoms with van der Waals surface area (Å²) in [5.74, 6) is 3.04. The smallest absolute Gasteiger partial charge is 0.231 e. The quantitative estimate of drug-likeness (QED) is 0.710. The molecule has 1 heterocycles. The maximum absolute atomic E-state index is 5.92. The molecule has 0 aliphatic carbocycles. The van der Waals surface area contributed by atoms with Crippen LogP contribution in [0.1, 0.15) is 25.8 Å². The summed E-state index contributed by atoms with van der Waals surface area (Å²) in [5.41, 5.74) is 1.08. The maximum Gasteiger partial charge on any atom is 0.231 e. The van der Waals surface area contributed by atoms with Crippen molar-refractivity contribution in [3.63, 3.8) is 0 Å². The monoisotopic (exact) mass is 295 g/mol. The lowest BCUT2D eigenvalue weighted by molar-refractivity contribution is 0.173. The Hall–Kier alpha value is -1.46. The standard InChI is InChI=1S/C16H25NO4/c1-12(2)4-6-19-14-9-16-15(20-11-21-16)8-13(14)10-17-5-7-18-3/h8-9,12,17H,4-7,10-11H2,1-3H3. The Morgan fingerprint density at radius 1 is 1.19 bits per heavy atom. The maximum atomic E-state index is 5.92. The molecule has 2 rings (SSSR count). The second kappa shape index (κ2) is 8.10. The fourth-order valence-electron chi connectivity index (χ4n) is 2.04. The summed E-state index contributed by atoms with van der Waals surface area (Å²) >= 11 is 0. The van der Waals surface area contributed by atoms with E-state index in [1.165, 1.54) is 0 Å². The molecule has 1 N–H and O–H groups in total. The molecule has 0 saturated carbocycles. The minimum Gasteiger partial charge on any atom is -0.493 e. The number of fused-ring (bicyclic) bond motifs is 1. The first-order chi connectivity index (χ1) is 10.2. The highest BCUT2D eigenvalue weighted by Crippen LogP contribution is 2.38. The van der Waals surface area contributed by atoms with Crippen LogP contribution in [0.4, 0.5) is 0 Å². The topological polar surface area (TPSA) is 49.0 Å². The molecule has 0 atom stereocenters. The fraction of sp³-hybridized carbons (Fsp3) is 0.625. The van der Waals surface area contributed by atoms with E-state index in [4.69, 9.17) is 18.9 Å². The van der Waals surface area contributed by atoms with Crippen molar-refractivity contribution < 1.29 is 18.9 Å². The highest BCUT2D eigenvalue weighted by Gasteiger charge is 2.18. The third kappa shape index (κ3) is 4.79. The summed E-state index contributed by atoms with van der Waals surface area (Å²) in [6.07, 6.45) is 1.03. The third-order valence-electron chi connectivity index (χ3n) is 3.31. The summed E-state index contributed by atoms with van der Waals surface area (Å²) < 4.78 is 21.8. The molecule has 0 radical (unpaired) electrons. The van der Waals surface area contributed by atoms with E-state index in [2.05, 4.69) is 19.2 Å². The first-order valence-electron chi connectivity index (χ1n) is 7.45. The zero-order valence-electron chi connectivity index (χ0n) is 13.1. The number of hydrogen-bond acceptors (Lipinski definition) is 5. The fourth-order valence-corrected chi connectivity index (χ4v) is 2.04. The second-order valence-electron chi connectivity index (χ2n) is 5.51. The molecule has 0 aromatic heterocycles. The SMILES string of the molecule is COCCNCc1cc2c(cc1OCCC(C)C)OCO2. The van der Waals surface area contributed by atoms with Crippen LogP contribution in [0.25, 0.3) is 0 Å². The molecular formula is C16H25NO4. The van der Waals surface area contributed by atoms with Gasteiger partial charge in [0.15, 0.2) is 11.5 Å². The van der Waals surface area contributed by atoms with Gasteiger partial charge in [0, 0.05) is 31.8 Å². The van der Waals surface area contributed by atoms with Crippen molar-refractivity contribution in [3.8, 4) is 17.2 Å². The number of benzene rings is 1. The van der Waals surface area contributed by atoms with Gasteiger partial charge in [-0.25, -0.2) is 0 Å². The van der Waals surface area contributed by atoms with Gasteiger partial charge in [0.05, 0.1) is 13.2 Å². The second-order valence-corrected chi connectivity index (χ2v) is 5.51. The third-order valence-corrected chi connectivity index (χ3v) is 3.31. The molecule has 0 unspecified atom stereocenters. The number of hydrogen-bond donors (Lipinski definition) is 1. The first kappa shape index (κ1) is 15.9. The van der Waals surface area contributed by atoms with Gasteiger partial charge in [-0.3, -0.25) is 0 Å².